The molecule has 0 heterocycles. The number of nitrogens with two attached hydrogens (primary N) is 1. The van der Waals surface area contributed by atoms with Gasteiger partial charge in [-0.05, 0) is 38.0 Å². The minimum atomic E-state index is -3.70. The monoisotopic (exact) mass is 288 g/mol. The Morgan fingerprint density at radius 1 is 1.47 bits per heavy atom. The van der Waals surface area contributed by atoms with Crippen molar-refractivity contribution >= 4 is 15.7 Å². The lowest BCUT2D eigenvalue weighted by atomic mass is 9.90. The summed E-state index contributed by atoms with van der Waals surface area (Å²) in [5.41, 5.74) is 5.44. The molecule has 5 nitrogen and oxygen atoms in total. The molecule has 3 N–H and O–H groups in total. The van der Waals surface area contributed by atoms with Gasteiger partial charge in [-0.25, -0.2) is 17.5 Å². The van der Waals surface area contributed by atoms with E-state index in [-0.39, 0.29) is 22.7 Å². The van der Waals surface area contributed by atoms with E-state index >= 15 is 0 Å². The Kier molecular flexibility index (Phi) is 4.07. The van der Waals surface area contributed by atoms with Crippen LogP contribution in [0, 0.1) is 5.82 Å². The van der Waals surface area contributed by atoms with Gasteiger partial charge in [0.2, 0.25) is 10.0 Å². The number of nitrogens with one attached hydrogen (secondary N) is 1. The van der Waals surface area contributed by atoms with Crippen LogP contribution in [-0.4, -0.2) is 27.2 Å². The lowest BCUT2D eigenvalue weighted by Gasteiger charge is -2.35. The zero-order valence-corrected chi connectivity index (χ0v) is 11.4. The summed E-state index contributed by atoms with van der Waals surface area (Å²) >= 11 is 0. The highest BCUT2D eigenvalue weighted by atomic mass is 32.2. The van der Waals surface area contributed by atoms with E-state index in [2.05, 4.69) is 4.72 Å². The van der Waals surface area contributed by atoms with Crippen LogP contribution in [-0.2, 0) is 14.8 Å². The molecule has 1 saturated carbocycles. The molecule has 0 aliphatic heterocycles. The molecule has 19 heavy (non-hydrogen) atoms. The van der Waals surface area contributed by atoms with Gasteiger partial charge in [-0.3, -0.25) is 0 Å². The van der Waals surface area contributed by atoms with E-state index in [9.17, 15) is 12.8 Å². The van der Waals surface area contributed by atoms with E-state index in [0.717, 1.165) is 12.1 Å². The van der Waals surface area contributed by atoms with Crippen LogP contribution < -0.4 is 10.5 Å². The zero-order chi connectivity index (χ0) is 14.0. The van der Waals surface area contributed by atoms with Crippen LogP contribution >= 0.6 is 0 Å². The third-order valence-corrected chi connectivity index (χ3v) is 4.67. The van der Waals surface area contributed by atoms with Crippen molar-refractivity contribution in [2.24, 2.45) is 0 Å². The Morgan fingerprint density at radius 3 is 2.74 bits per heavy atom. The maximum atomic E-state index is 12.9. The van der Waals surface area contributed by atoms with Crippen LogP contribution in [0.2, 0.25) is 0 Å². The summed E-state index contributed by atoms with van der Waals surface area (Å²) in [7, 11) is -3.70. The summed E-state index contributed by atoms with van der Waals surface area (Å²) in [6, 6.07) is 3.10. The number of ether oxygens (including phenoxy) is 1. The Bertz CT molecular complexity index is 556. The molecule has 1 aliphatic carbocycles. The molecule has 7 heteroatoms. The molecule has 0 amide bonds. The molecule has 1 fully saturated rings. The highest BCUT2D eigenvalue weighted by molar-refractivity contribution is 7.89. The van der Waals surface area contributed by atoms with Crippen LogP contribution in [0.15, 0.2) is 23.1 Å². The standard InChI is InChI=1S/C12H17FN2O3S/c1-2-18-10-6-9(7-10)15-19(16,17)12-4-3-8(13)5-11(12)14/h3-5,9-10,15H,2,6-7,14H2,1H3. The quantitative estimate of drug-likeness (QED) is 0.799. The highest BCUT2D eigenvalue weighted by Crippen LogP contribution is 2.26. The predicted molar refractivity (Wildman–Crippen MR) is 69.6 cm³/mol. The van der Waals surface area contributed by atoms with E-state index in [1.54, 1.807) is 0 Å². The lowest BCUT2D eigenvalue weighted by molar-refractivity contribution is -0.00475. The molecule has 0 unspecified atom stereocenters. The molecule has 0 saturated heterocycles. The van der Waals surface area contributed by atoms with E-state index in [4.69, 9.17) is 10.5 Å². The van der Waals surface area contributed by atoms with Gasteiger partial charge in [0, 0.05) is 12.6 Å². The first-order chi connectivity index (χ1) is 8.92. The van der Waals surface area contributed by atoms with Crippen molar-refractivity contribution in [2.45, 2.75) is 36.8 Å². The van der Waals surface area contributed by atoms with Crippen molar-refractivity contribution in [2.75, 3.05) is 12.3 Å². The largest absolute Gasteiger partial charge is 0.398 e. The van der Waals surface area contributed by atoms with E-state index in [1.807, 2.05) is 6.92 Å². The summed E-state index contributed by atoms with van der Waals surface area (Å²) in [4.78, 5) is -0.0891. The second-order valence-electron chi connectivity index (χ2n) is 4.55. The van der Waals surface area contributed by atoms with Crippen LogP contribution in [0.25, 0.3) is 0 Å². The van der Waals surface area contributed by atoms with Crippen LogP contribution in [0.5, 0.6) is 0 Å². The Balaban J connectivity index is 2.03. The number of benzene rings is 1. The van der Waals surface area contributed by atoms with E-state index in [1.165, 1.54) is 6.07 Å². The van der Waals surface area contributed by atoms with Crippen LogP contribution in [0.1, 0.15) is 19.8 Å². The SMILES string of the molecule is CCOC1CC(NS(=O)(=O)c2ccc(F)cc2N)C1. The topological polar surface area (TPSA) is 81.4 Å². The Hall–Kier alpha value is -1.18. The second kappa shape index (κ2) is 5.44. The predicted octanol–water partition coefficient (Wildman–Crippen LogP) is 1.25. The first kappa shape index (κ1) is 14.2. The van der Waals surface area contributed by atoms with E-state index < -0.39 is 15.8 Å². The fourth-order valence-electron chi connectivity index (χ4n) is 2.08. The molecule has 0 bridgehead atoms. The molecule has 1 aromatic rings. The van der Waals surface area contributed by atoms with Crippen LogP contribution in [0.4, 0.5) is 10.1 Å². The molecule has 0 atom stereocenters. The van der Waals surface area contributed by atoms with Gasteiger partial charge in [-0.15, -0.1) is 0 Å². The molecule has 0 spiro atoms. The summed E-state index contributed by atoms with van der Waals surface area (Å²) < 4.78 is 45.0. The first-order valence-electron chi connectivity index (χ1n) is 6.11. The van der Waals surface area contributed by atoms with Gasteiger partial charge in [0.25, 0.3) is 0 Å². The normalized spacial score (nSPS) is 23.1. The summed E-state index contributed by atoms with van der Waals surface area (Å²) in [5.74, 6) is -0.559. The molecule has 1 aromatic carbocycles. The summed E-state index contributed by atoms with van der Waals surface area (Å²) in [6.45, 7) is 2.52. The smallest absolute Gasteiger partial charge is 0.242 e. The number of hydrogen-bond acceptors (Lipinski definition) is 4. The number of halogens is 1. The fourth-order valence-corrected chi connectivity index (χ4v) is 3.46. The maximum absolute atomic E-state index is 12.9. The first-order valence-corrected chi connectivity index (χ1v) is 7.59. The molecule has 0 radical (unpaired) electrons. The Labute approximate surface area is 112 Å². The fraction of sp³-hybridized carbons (Fsp3) is 0.500. The van der Waals surface area contributed by atoms with Crippen molar-refractivity contribution in [1.29, 1.82) is 0 Å². The lowest BCUT2D eigenvalue weighted by Crippen LogP contribution is -2.47. The minimum Gasteiger partial charge on any atom is -0.398 e. The zero-order valence-electron chi connectivity index (χ0n) is 10.6. The van der Waals surface area contributed by atoms with Crippen LogP contribution in [0.3, 0.4) is 0 Å². The van der Waals surface area contributed by atoms with Gasteiger partial charge in [-0.1, -0.05) is 0 Å². The van der Waals surface area contributed by atoms with Gasteiger partial charge < -0.3 is 10.5 Å². The number of sulfonamides is 1. The van der Waals surface area contributed by atoms with Crippen molar-refractivity contribution < 1.29 is 17.5 Å². The average Bonchev–Trinajstić information content (AvgIpc) is 2.25. The van der Waals surface area contributed by atoms with Gasteiger partial charge in [-0.2, -0.15) is 0 Å². The van der Waals surface area contributed by atoms with Gasteiger partial charge >= 0.3 is 0 Å². The molecule has 2 rings (SSSR count). The van der Waals surface area contributed by atoms with Gasteiger partial charge in [0.1, 0.15) is 10.7 Å². The number of hydrogen-bond donors (Lipinski definition) is 2. The van der Waals surface area contributed by atoms with Crippen molar-refractivity contribution in [3.8, 4) is 0 Å². The molecule has 1 aliphatic rings. The third kappa shape index (κ3) is 3.23. The molecule has 0 aromatic heterocycles. The average molecular weight is 288 g/mol. The van der Waals surface area contributed by atoms with E-state index in [0.29, 0.717) is 19.4 Å². The summed E-state index contributed by atoms with van der Waals surface area (Å²) in [6.07, 6.45) is 1.41. The minimum absolute atomic E-state index is 0.0891. The third-order valence-electron chi connectivity index (χ3n) is 3.08. The number of nitrogen functional groups attached to an aromatic ring is 1. The summed E-state index contributed by atoms with van der Waals surface area (Å²) in [5, 5.41) is 0. The molecule has 106 valence electrons. The second-order valence-corrected chi connectivity index (χ2v) is 6.23. The van der Waals surface area contributed by atoms with Crippen molar-refractivity contribution in [1.82, 2.24) is 4.72 Å². The van der Waals surface area contributed by atoms with Crippen molar-refractivity contribution in [3.05, 3.63) is 24.0 Å². The van der Waals surface area contributed by atoms with Crippen molar-refractivity contribution in [3.63, 3.8) is 0 Å². The molecular weight excluding hydrogens is 271 g/mol. The highest BCUT2D eigenvalue weighted by Gasteiger charge is 2.33. The molecular formula is C12H17FN2O3S. The number of anilines is 1. The van der Waals surface area contributed by atoms with Gasteiger partial charge in [0.05, 0.1) is 11.8 Å². The Morgan fingerprint density at radius 2 is 2.16 bits per heavy atom. The van der Waals surface area contributed by atoms with Gasteiger partial charge in [0.15, 0.2) is 0 Å². The number of rotatable bonds is 5. The maximum Gasteiger partial charge on any atom is 0.242 e.